The van der Waals surface area contributed by atoms with E-state index in [0.717, 1.165) is 5.52 Å². The molecule has 0 spiro atoms. The number of hydrogen-bond donors (Lipinski definition) is 0. The van der Waals surface area contributed by atoms with E-state index in [9.17, 15) is 0 Å². The largest absolute Gasteiger partial charge is 0.494 e. The van der Waals surface area contributed by atoms with Gasteiger partial charge in [0, 0.05) is 5.02 Å². The Labute approximate surface area is 113 Å². The van der Waals surface area contributed by atoms with Gasteiger partial charge in [-0.2, -0.15) is 0 Å². The van der Waals surface area contributed by atoms with Crippen molar-refractivity contribution >= 4 is 45.3 Å². The number of aromatic nitrogens is 2. The third-order valence-electron chi connectivity index (χ3n) is 2.67. The molecule has 18 heavy (non-hydrogen) atoms. The summed E-state index contributed by atoms with van der Waals surface area (Å²) in [5, 5.41) is 1.03. The molecule has 3 aromatic rings. The van der Waals surface area contributed by atoms with Crippen molar-refractivity contribution in [1.82, 2.24) is 9.97 Å². The highest BCUT2D eigenvalue weighted by atomic mass is 35.5. The SMILES string of the molecule is COc1cccc2nc3cc(Cl)cc(Cl)c3nc12. The first-order valence-electron chi connectivity index (χ1n) is 5.28. The molecule has 3 rings (SSSR count). The Morgan fingerprint density at radius 3 is 2.61 bits per heavy atom. The van der Waals surface area contributed by atoms with Gasteiger partial charge >= 0.3 is 0 Å². The van der Waals surface area contributed by atoms with Gasteiger partial charge in [0.2, 0.25) is 0 Å². The number of hydrogen-bond acceptors (Lipinski definition) is 3. The Morgan fingerprint density at radius 1 is 1.00 bits per heavy atom. The molecule has 5 heteroatoms. The summed E-state index contributed by atoms with van der Waals surface area (Å²) in [5.74, 6) is 0.674. The molecule has 0 N–H and O–H groups in total. The highest BCUT2D eigenvalue weighted by molar-refractivity contribution is 6.38. The van der Waals surface area contributed by atoms with E-state index in [1.165, 1.54) is 0 Å². The van der Waals surface area contributed by atoms with E-state index < -0.39 is 0 Å². The lowest BCUT2D eigenvalue weighted by Gasteiger charge is -2.06. The van der Waals surface area contributed by atoms with Crippen molar-refractivity contribution in [3.63, 3.8) is 0 Å². The first-order valence-corrected chi connectivity index (χ1v) is 6.04. The molecule has 0 fully saturated rings. The molecule has 0 amide bonds. The van der Waals surface area contributed by atoms with Crippen LogP contribution in [0.4, 0.5) is 0 Å². The average molecular weight is 279 g/mol. The van der Waals surface area contributed by atoms with Crippen LogP contribution in [0.25, 0.3) is 22.1 Å². The second-order valence-corrected chi connectivity index (χ2v) is 4.65. The van der Waals surface area contributed by atoms with E-state index in [1.807, 2.05) is 18.2 Å². The first-order chi connectivity index (χ1) is 8.69. The van der Waals surface area contributed by atoms with Crippen molar-refractivity contribution in [1.29, 1.82) is 0 Å². The van der Waals surface area contributed by atoms with Gasteiger partial charge in [-0.3, -0.25) is 0 Å². The monoisotopic (exact) mass is 278 g/mol. The number of halogens is 2. The topological polar surface area (TPSA) is 35.0 Å². The van der Waals surface area contributed by atoms with Crippen molar-refractivity contribution in [2.45, 2.75) is 0 Å². The van der Waals surface area contributed by atoms with Crippen LogP contribution in [0.3, 0.4) is 0 Å². The van der Waals surface area contributed by atoms with Crippen LogP contribution in [0.2, 0.25) is 10.0 Å². The summed E-state index contributed by atoms with van der Waals surface area (Å²) in [5.41, 5.74) is 2.74. The van der Waals surface area contributed by atoms with Gasteiger partial charge in [-0.25, -0.2) is 9.97 Å². The number of benzene rings is 2. The quantitative estimate of drug-likeness (QED) is 0.629. The molecule has 0 aliphatic heterocycles. The van der Waals surface area contributed by atoms with Gasteiger partial charge in [0.25, 0.3) is 0 Å². The van der Waals surface area contributed by atoms with Crippen molar-refractivity contribution in [3.8, 4) is 5.75 Å². The van der Waals surface area contributed by atoms with Crippen LogP contribution < -0.4 is 4.74 Å². The number of ether oxygens (including phenoxy) is 1. The van der Waals surface area contributed by atoms with Gasteiger partial charge in [-0.15, -0.1) is 0 Å². The van der Waals surface area contributed by atoms with Gasteiger partial charge in [-0.1, -0.05) is 29.3 Å². The van der Waals surface area contributed by atoms with E-state index in [2.05, 4.69) is 9.97 Å². The zero-order chi connectivity index (χ0) is 12.7. The van der Waals surface area contributed by atoms with E-state index in [-0.39, 0.29) is 0 Å². The Morgan fingerprint density at radius 2 is 1.83 bits per heavy atom. The average Bonchev–Trinajstić information content (AvgIpc) is 2.36. The van der Waals surface area contributed by atoms with Crippen molar-refractivity contribution < 1.29 is 4.74 Å². The predicted octanol–water partition coefficient (Wildman–Crippen LogP) is 4.10. The first kappa shape index (κ1) is 11.5. The van der Waals surface area contributed by atoms with Crippen molar-refractivity contribution in [3.05, 3.63) is 40.4 Å². The molecule has 1 aromatic heterocycles. The van der Waals surface area contributed by atoms with Crippen LogP contribution in [0.15, 0.2) is 30.3 Å². The number of nitrogens with zero attached hydrogens (tertiary/aromatic N) is 2. The van der Waals surface area contributed by atoms with Crippen molar-refractivity contribution in [2.75, 3.05) is 7.11 Å². The highest BCUT2D eigenvalue weighted by Crippen LogP contribution is 2.29. The predicted molar refractivity (Wildman–Crippen MR) is 73.6 cm³/mol. The van der Waals surface area contributed by atoms with E-state index >= 15 is 0 Å². The van der Waals surface area contributed by atoms with Crippen LogP contribution in [0.5, 0.6) is 5.75 Å². The zero-order valence-corrected chi connectivity index (χ0v) is 11.0. The molecule has 0 aliphatic carbocycles. The molecular formula is C13H8Cl2N2O. The number of para-hydroxylation sites is 1. The van der Waals surface area contributed by atoms with E-state index in [4.69, 9.17) is 27.9 Å². The molecule has 3 nitrogen and oxygen atoms in total. The summed E-state index contributed by atoms with van der Waals surface area (Å²) in [4.78, 5) is 9.01. The number of methoxy groups -OCH3 is 1. The van der Waals surface area contributed by atoms with E-state index in [0.29, 0.717) is 32.3 Å². The molecule has 0 aliphatic rings. The third-order valence-corrected chi connectivity index (χ3v) is 3.18. The van der Waals surface area contributed by atoms with Gasteiger partial charge in [0.05, 0.1) is 23.2 Å². The van der Waals surface area contributed by atoms with Crippen LogP contribution in [-0.2, 0) is 0 Å². The fourth-order valence-electron chi connectivity index (χ4n) is 1.87. The van der Waals surface area contributed by atoms with Gasteiger partial charge < -0.3 is 4.74 Å². The van der Waals surface area contributed by atoms with Crippen LogP contribution >= 0.6 is 23.2 Å². The zero-order valence-electron chi connectivity index (χ0n) is 9.45. The Kier molecular flexibility index (Phi) is 2.73. The summed E-state index contributed by atoms with van der Waals surface area (Å²) >= 11 is 12.1. The van der Waals surface area contributed by atoms with Crippen molar-refractivity contribution in [2.24, 2.45) is 0 Å². The van der Waals surface area contributed by atoms with Gasteiger partial charge in [0.15, 0.2) is 0 Å². The molecule has 90 valence electrons. The number of fused-ring (bicyclic) bond motifs is 2. The molecule has 0 saturated carbocycles. The molecule has 1 heterocycles. The second-order valence-electron chi connectivity index (χ2n) is 3.81. The maximum Gasteiger partial charge on any atom is 0.146 e. The summed E-state index contributed by atoms with van der Waals surface area (Å²) in [6, 6.07) is 8.98. The summed E-state index contributed by atoms with van der Waals surface area (Å²) in [7, 11) is 1.60. The minimum atomic E-state index is 0.484. The summed E-state index contributed by atoms with van der Waals surface area (Å²) in [6.07, 6.45) is 0. The normalized spacial score (nSPS) is 11.1. The van der Waals surface area contributed by atoms with Gasteiger partial charge in [-0.05, 0) is 24.3 Å². The lowest BCUT2D eigenvalue weighted by molar-refractivity contribution is 0.419. The summed E-state index contributed by atoms with van der Waals surface area (Å²) < 4.78 is 5.27. The Bertz CT molecular complexity index is 759. The maximum atomic E-state index is 6.13. The molecular weight excluding hydrogens is 271 g/mol. The van der Waals surface area contributed by atoms with Gasteiger partial charge in [0.1, 0.15) is 16.8 Å². The highest BCUT2D eigenvalue weighted by Gasteiger charge is 2.09. The molecule has 0 unspecified atom stereocenters. The lowest BCUT2D eigenvalue weighted by Crippen LogP contribution is -1.92. The van der Waals surface area contributed by atoms with Crippen LogP contribution in [0, 0.1) is 0 Å². The Balaban J connectivity index is 2.47. The molecule has 0 radical (unpaired) electrons. The number of rotatable bonds is 1. The minimum Gasteiger partial charge on any atom is -0.494 e. The minimum absolute atomic E-state index is 0.484. The second kappa shape index (κ2) is 4.26. The lowest BCUT2D eigenvalue weighted by atomic mass is 10.2. The maximum absolute atomic E-state index is 6.13. The fraction of sp³-hybridized carbons (Fsp3) is 0.0769. The van der Waals surface area contributed by atoms with Crippen LogP contribution in [0.1, 0.15) is 0 Å². The standard InChI is InChI=1S/C13H8Cl2N2O/c1-18-11-4-2-3-9-13(11)17-12-8(15)5-7(14)6-10(12)16-9/h2-6H,1H3. The summed E-state index contributed by atoms with van der Waals surface area (Å²) in [6.45, 7) is 0. The molecule has 2 aromatic carbocycles. The molecule has 0 atom stereocenters. The third kappa shape index (κ3) is 1.76. The molecule has 0 saturated heterocycles. The van der Waals surface area contributed by atoms with E-state index in [1.54, 1.807) is 19.2 Å². The Hall–Kier alpha value is -1.58. The van der Waals surface area contributed by atoms with Crippen LogP contribution in [-0.4, -0.2) is 17.1 Å². The smallest absolute Gasteiger partial charge is 0.146 e. The molecule has 0 bridgehead atoms. The fourth-order valence-corrected chi connectivity index (χ4v) is 2.39.